The Morgan fingerprint density at radius 2 is 0.486 bits per heavy atom. The van der Waals surface area contributed by atoms with Gasteiger partial charge in [0.1, 0.15) is 75.2 Å². The van der Waals surface area contributed by atoms with Crippen LogP contribution >= 0.6 is 0 Å². The van der Waals surface area contributed by atoms with E-state index in [2.05, 4.69) is 63.8 Å². The Hall–Kier alpha value is -10.3. The zero-order chi connectivity index (χ0) is 113. The zero-order valence-corrected chi connectivity index (χ0v) is 93.8. The van der Waals surface area contributed by atoms with Crippen molar-refractivity contribution < 1.29 is 115 Å². The van der Waals surface area contributed by atoms with E-state index in [1.165, 1.54) is 21.1 Å². The Kier molecular flexibility index (Phi) is 90.3. The number of nitrogens with one attached hydrogen (secondary N) is 12. The number of nitrogens with zero attached hydrogens (tertiary/aromatic N) is 3. The van der Waals surface area contributed by atoms with Crippen molar-refractivity contribution in [2.75, 3.05) is 115 Å². The van der Waals surface area contributed by atoms with E-state index in [0.717, 1.165) is 70.6 Å². The second kappa shape index (κ2) is 92.8. The summed E-state index contributed by atoms with van der Waals surface area (Å²) in [5.41, 5.74) is 0. The number of Topliss-reactive ketones (excluding diaryl/α,β-unsaturated/α-hetero) is 13. The molecule has 39 nitrogen and oxygen atoms in total. The maximum Gasteiger partial charge on any atom is 0.225 e. The van der Waals surface area contributed by atoms with Crippen LogP contribution in [0.5, 0.6) is 0 Å². The van der Waals surface area contributed by atoms with Gasteiger partial charge in [0.25, 0.3) is 0 Å². The number of ketones is 13. The fourth-order valence-electron chi connectivity index (χ4n) is 15.6. The summed E-state index contributed by atoms with van der Waals surface area (Å²) in [6.45, 7) is 23.5. The summed E-state index contributed by atoms with van der Waals surface area (Å²) < 4.78 is 0. The van der Waals surface area contributed by atoms with Crippen LogP contribution in [0.15, 0.2) is 0 Å². The van der Waals surface area contributed by atoms with E-state index in [-0.39, 0.29) is 269 Å². The quantitative estimate of drug-likeness (QED) is 0.0252. The molecule has 0 aromatic carbocycles. The molecule has 1 heterocycles. The van der Waals surface area contributed by atoms with E-state index < -0.39 is 23.9 Å². The minimum Gasteiger partial charge on any atom is -0.359 e. The van der Waals surface area contributed by atoms with Gasteiger partial charge in [-0.15, -0.1) is 0 Å². The van der Waals surface area contributed by atoms with Crippen LogP contribution in [0.2, 0.25) is 0 Å². The summed E-state index contributed by atoms with van der Waals surface area (Å²) in [7, 11) is 10.9. The minimum atomic E-state index is -0.608. The summed E-state index contributed by atoms with van der Waals surface area (Å²) in [4.78, 5) is 289. The molecule has 12 N–H and O–H groups in total. The summed E-state index contributed by atoms with van der Waals surface area (Å²) in [5.74, 6) is -1.39. The molecule has 1 rings (SSSR count). The van der Waals surface area contributed by atoms with E-state index in [4.69, 9.17) is 0 Å². The van der Waals surface area contributed by atoms with Crippen LogP contribution in [-0.4, -0.2) is 300 Å². The fourth-order valence-corrected chi connectivity index (χ4v) is 15.6. The second-order valence-electron chi connectivity index (χ2n) is 39.3. The third-order valence-electron chi connectivity index (χ3n) is 24.1. The molecule has 0 spiro atoms. The van der Waals surface area contributed by atoms with Gasteiger partial charge in [-0.05, 0) is 157 Å². The van der Waals surface area contributed by atoms with Gasteiger partial charge in [0.2, 0.25) is 65.0 Å². The van der Waals surface area contributed by atoms with Crippen LogP contribution in [-0.2, 0) is 115 Å². The first-order chi connectivity index (χ1) is 70.2. The first-order valence-electron chi connectivity index (χ1n) is 54.4. The molecule has 0 aliphatic carbocycles. The number of likely N-dealkylation sites (tertiary alicyclic amines) is 1. The predicted molar refractivity (Wildman–Crippen MR) is 573 cm³/mol. The molecule has 0 aromatic rings. The number of unbranched alkanes of at least 4 members (excludes halogenated alkanes) is 13. The molecule has 1 fully saturated rings. The highest BCUT2D eigenvalue weighted by Gasteiger charge is 2.43. The van der Waals surface area contributed by atoms with Crippen molar-refractivity contribution in [2.24, 2.45) is 17.8 Å². The van der Waals surface area contributed by atoms with Gasteiger partial charge in [0, 0.05) is 241 Å². The highest BCUT2D eigenvalue weighted by Crippen LogP contribution is 2.26. The predicted octanol–water partition coefficient (Wildman–Crippen LogP) is 9.18. The molecule has 0 bridgehead atoms. The van der Waals surface area contributed by atoms with E-state index in [1.54, 1.807) is 63.7 Å². The molecule has 148 heavy (non-hydrogen) atoms. The smallest absolute Gasteiger partial charge is 0.225 e. The molecular weight excluding hydrogens is 1900 g/mol. The molecule has 39 heteroatoms. The van der Waals surface area contributed by atoms with Crippen LogP contribution < -0.4 is 63.8 Å². The van der Waals surface area contributed by atoms with Crippen molar-refractivity contribution in [3.63, 3.8) is 0 Å². The summed E-state index contributed by atoms with van der Waals surface area (Å²) in [6, 6.07) is -0.634. The first kappa shape index (κ1) is 144. The van der Waals surface area contributed by atoms with Gasteiger partial charge in [-0.2, -0.15) is 0 Å². The van der Waals surface area contributed by atoms with Crippen molar-refractivity contribution in [3.8, 4) is 0 Å². The van der Waals surface area contributed by atoms with E-state index in [9.17, 15) is 115 Å². The van der Waals surface area contributed by atoms with Gasteiger partial charge in [-0.25, -0.2) is 0 Å². The summed E-state index contributed by atoms with van der Waals surface area (Å²) in [6.07, 6.45) is 25.6. The molecule has 4 atom stereocenters. The Bertz CT molecular complexity index is 3920. The highest BCUT2D eigenvalue weighted by molar-refractivity contribution is 5.93. The number of carbonyl (C=O) groups excluding carboxylic acids is 24. The molecule has 1 saturated heterocycles. The largest absolute Gasteiger partial charge is 0.359 e. The Morgan fingerprint density at radius 1 is 0.243 bits per heavy atom. The summed E-state index contributed by atoms with van der Waals surface area (Å²) >= 11 is 0. The van der Waals surface area contributed by atoms with Crippen LogP contribution in [0.4, 0.5) is 0 Å². The van der Waals surface area contributed by atoms with E-state index >= 15 is 0 Å². The second-order valence-corrected chi connectivity index (χ2v) is 39.3. The van der Waals surface area contributed by atoms with Gasteiger partial charge in [0.15, 0.2) is 0 Å². The van der Waals surface area contributed by atoms with Crippen LogP contribution in [0.1, 0.15) is 391 Å². The fraction of sp³-hybridized carbons (Fsp3) is 0.780. The minimum absolute atomic E-state index is 0.00356. The molecule has 0 aromatic heterocycles. The standard InChI is InChI=1S/C27H48N4O6.C24H41N3O6.C21H38N2O4.C19H35N3O4.C18H31N3O4/c1-21(2)30-27(37)17-11-14-24(34)20-31(19-23(33)13-9-10-16-26(36)29-4)18-22(32)12-7-5-6-8-15-25(35)28-3;1-4-19(28)12-9-13-22(31)18-27(16-20(29)10-5-7-14-23(32)25-2)17-21(30)11-6-8-15-24(33)26-3;1-5-17(24)13-14-19(20(26)6-2)22-15-18(25)11-9-7-8-10-12-21(27)23-16(3)4;1-5-17(24)16(12-19(26)20-4)21-13-15(23)10-8-6-7-9-11-18(25)22-14(2)3;1-12(2)9-13(22)7-5-6-8-16(23)21-10-14(17(24)19-3)15(11-21)18(25)20-4/h21H,5-20H2,1-4H3,(H,28,35)(H,29,36)(H,30,37);4-18H2,1-3H3,(H,25,32)(H,26,33);16,19,22H,5-15H2,1-4H3,(H,23,27);14,16,21H,5-13H2,1-4H3,(H,20,26)(H,22,25);12,14-15H,5-11H2,1-4H3,(H,19,24)(H,20,25)/t;;19-;16-;14-,15+/m..00./s1. The van der Waals surface area contributed by atoms with Crippen molar-refractivity contribution in [3.05, 3.63) is 0 Å². The highest BCUT2D eigenvalue weighted by atomic mass is 16.2. The Balaban J connectivity index is -0.000000882. The van der Waals surface area contributed by atoms with Crippen LogP contribution in [0.25, 0.3) is 0 Å². The van der Waals surface area contributed by atoms with Crippen molar-refractivity contribution in [1.29, 1.82) is 0 Å². The number of amides is 11. The number of hydrogen-bond donors (Lipinski definition) is 12. The van der Waals surface area contributed by atoms with Gasteiger partial charge >= 0.3 is 0 Å². The third kappa shape index (κ3) is 85.5. The Labute approximate surface area is 883 Å². The molecule has 1 aliphatic rings. The maximum atomic E-state index is 12.6. The monoisotopic (exact) mass is 2100 g/mol. The molecule has 848 valence electrons. The molecule has 0 saturated carbocycles. The van der Waals surface area contributed by atoms with Gasteiger partial charge in [-0.1, -0.05) is 80.1 Å². The van der Waals surface area contributed by atoms with Gasteiger partial charge in [0.05, 0.1) is 76.3 Å². The molecule has 0 unspecified atom stereocenters. The maximum absolute atomic E-state index is 12.6. The molecule has 0 radical (unpaired) electrons. The SMILES string of the molecule is CCC(=O)CCCC(=O)CN(CC(=O)CCCCC(=O)NC)CC(=O)CCCCC(=O)NC.CCC(=O)CC[C@H](NCC(=O)CCCCCCC(=O)NC(C)C)C(=O)CC.CCC(=O)[C@H](CC(=O)NC)NCC(=O)CCCCCCC(=O)NC(C)C.CNC(=O)CCCCCCC(=O)CN(CC(=O)CCCCC(=O)NC)CC(=O)CCCC(=O)NC(C)C.CNC(=O)[C@H]1CN(C(=O)CCCCC(=O)CC(C)C)C[C@H]1C(=O)NC. The first-order valence-corrected chi connectivity index (χ1v) is 54.4. The van der Waals surface area contributed by atoms with Crippen LogP contribution in [0, 0.1) is 17.8 Å². The normalized spacial score (nSPS) is 12.7. The third-order valence-corrected chi connectivity index (χ3v) is 24.1. The molecular formula is C109H193N15O24. The summed E-state index contributed by atoms with van der Waals surface area (Å²) in [5, 5.41) is 32.3. The lowest BCUT2D eigenvalue weighted by Crippen LogP contribution is -2.42. The van der Waals surface area contributed by atoms with E-state index in [1.807, 2.05) is 62.3 Å². The van der Waals surface area contributed by atoms with Crippen molar-refractivity contribution >= 4 is 140 Å². The van der Waals surface area contributed by atoms with Crippen molar-refractivity contribution in [1.82, 2.24) is 78.5 Å². The number of carbonyl (C=O) groups is 24. The van der Waals surface area contributed by atoms with Crippen molar-refractivity contribution in [2.45, 2.75) is 421 Å². The number of rotatable bonds is 85. The van der Waals surface area contributed by atoms with E-state index in [0.29, 0.717) is 199 Å². The van der Waals surface area contributed by atoms with Gasteiger partial charge < -0.3 is 68.7 Å². The van der Waals surface area contributed by atoms with Gasteiger partial charge in [-0.3, -0.25) is 125 Å². The topological polar surface area (TPSA) is 564 Å². The average Bonchev–Trinajstić information content (AvgIpc) is 1.67. The number of hydrogen-bond acceptors (Lipinski definition) is 28. The van der Waals surface area contributed by atoms with Crippen LogP contribution in [0.3, 0.4) is 0 Å². The lowest BCUT2D eigenvalue weighted by molar-refractivity contribution is -0.132. The Morgan fingerprint density at radius 3 is 0.784 bits per heavy atom. The lowest BCUT2D eigenvalue weighted by Gasteiger charge is -2.20. The zero-order valence-electron chi connectivity index (χ0n) is 93.8. The average molecular weight is 2100 g/mol. The molecule has 1 aliphatic heterocycles. The molecule has 11 amide bonds. The lowest BCUT2D eigenvalue weighted by atomic mass is 9.94.